The molecule has 0 radical (unpaired) electrons. The third kappa shape index (κ3) is 3.62. The number of carbonyl (C=O) groups excluding carboxylic acids is 2. The molecule has 0 saturated carbocycles. The second-order valence-corrected chi connectivity index (χ2v) is 4.71. The van der Waals surface area contributed by atoms with Crippen LogP contribution in [-0.2, 0) is 16.1 Å². The standard InChI is InChI=1S/C14H19N3O2/c15-7-4-8-17-13(18)10-16(11-14(17)19)9-12-5-2-1-3-6-12/h1-3,5-6H,4,7-11,15H2. The van der Waals surface area contributed by atoms with Crippen LogP contribution in [0, 0.1) is 0 Å². The lowest BCUT2D eigenvalue weighted by molar-refractivity contribution is -0.151. The van der Waals surface area contributed by atoms with E-state index in [9.17, 15) is 9.59 Å². The normalized spacial score (nSPS) is 17.0. The number of piperazine rings is 1. The Balaban J connectivity index is 1.94. The molecule has 2 rings (SSSR count). The molecule has 2 N–H and O–H groups in total. The summed E-state index contributed by atoms with van der Waals surface area (Å²) < 4.78 is 0. The lowest BCUT2D eigenvalue weighted by atomic mass is 10.2. The van der Waals surface area contributed by atoms with Crippen LogP contribution in [0.25, 0.3) is 0 Å². The van der Waals surface area contributed by atoms with Crippen LogP contribution < -0.4 is 5.73 Å². The van der Waals surface area contributed by atoms with Crippen LogP contribution in [0.2, 0.25) is 0 Å². The lowest BCUT2D eigenvalue weighted by Crippen LogP contribution is -2.53. The molecule has 1 fully saturated rings. The number of nitrogens with two attached hydrogens (primary N) is 1. The third-order valence-corrected chi connectivity index (χ3v) is 3.15. The maximum atomic E-state index is 11.9. The molecule has 0 unspecified atom stereocenters. The van der Waals surface area contributed by atoms with Crippen LogP contribution in [-0.4, -0.2) is 47.8 Å². The Labute approximate surface area is 113 Å². The van der Waals surface area contributed by atoms with Crippen LogP contribution in [0.4, 0.5) is 0 Å². The largest absolute Gasteiger partial charge is 0.330 e. The first-order valence-corrected chi connectivity index (χ1v) is 6.50. The van der Waals surface area contributed by atoms with E-state index >= 15 is 0 Å². The van der Waals surface area contributed by atoms with Gasteiger partial charge in [-0.25, -0.2) is 0 Å². The third-order valence-electron chi connectivity index (χ3n) is 3.15. The Bertz CT molecular complexity index is 429. The molecule has 0 aromatic heterocycles. The molecule has 1 aromatic carbocycles. The fraction of sp³-hybridized carbons (Fsp3) is 0.429. The van der Waals surface area contributed by atoms with Gasteiger partial charge >= 0.3 is 0 Å². The van der Waals surface area contributed by atoms with E-state index < -0.39 is 0 Å². The summed E-state index contributed by atoms with van der Waals surface area (Å²) in [5.41, 5.74) is 6.52. The van der Waals surface area contributed by atoms with E-state index in [1.165, 1.54) is 4.90 Å². The van der Waals surface area contributed by atoms with Crippen LogP contribution in [0.1, 0.15) is 12.0 Å². The van der Waals surface area contributed by atoms with E-state index in [1.807, 2.05) is 35.2 Å². The zero-order valence-electron chi connectivity index (χ0n) is 10.9. The monoisotopic (exact) mass is 261 g/mol. The van der Waals surface area contributed by atoms with E-state index in [2.05, 4.69) is 0 Å². The minimum Gasteiger partial charge on any atom is -0.330 e. The van der Waals surface area contributed by atoms with Gasteiger partial charge in [-0.15, -0.1) is 0 Å². The van der Waals surface area contributed by atoms with Crippen LogP contribution in [0.3, 0.4) is 0 Å². The first-order chi connectivity index (χ1) is 9.20. The molecular weight excluding hydrogens is 242 g/mol. The Morgan fingerprint density at radius 1 is 1.05 bits per heavy atom. The average Bonchev–Trinajstić information content (AvgIpc) is 2.39. The van der Waals surface area contributed by atoms with Crippen molar-refractivity contribution in [2.75, 3.05) is 26.2 Å². The number of hydrogen-bond acceptors (Lipinski definition) is 4. The molecule has 5 nitrogen and oxygen atoms in total. The van der Waals surface area contributed by atoms with E-state index in [0.29, 0.717) is 39.1 Å². The molecule has 1 saturated heterocycles. The molecule has 1 aromatic rings. The Kier molecular flexibility index (Phi) is 4.65. The SMILES string of the molecule is NCCCN1C(=O)CN(Cc2ccccc2)CC1=O. The highest BCUT2D eigenvalue weighted by atomic mass is 16.2. The highest BCUT2D eigenvalue weighted by molar-refractivity contribution is 5.99. The van der Waals surface area contributed by atoms with Gasteiger partial charge in [-0.2, -0.15) is 0 Å². The number of amides is 2. The predicted octanol–water partition coefficient (Wildman–Crippen LogP) is 0.206. The molecule has 19 heavy (non-hydrogen) atoms. The van der Waals surface area contributed by atoms with Crippen molar-refractivity contribution < 1.29 is 9.59 Å². The number of benzene rings is 1. The van der Waals surface area contributed by atoms with Crippen molar-refractivity contribution in [2.45, 2.75) is 13.0 Å². The second kappa shape index (κ2) is 6.45. The number of carbonyl (C=O) groups is 2. The molecule has 1 aliphatic heterocycles. The highest BCUT2D eigenvalue weighted by Crippen LogP contribution is 2.10. The van der Waals surface area contributed by atoms with Gasteiger partial charge in [0.2, 0.25) is 11.8 Å². The van der Waals surface area contributed by atoms with E-state index in [0.717, 1.165) is 5.56 Å². The van der Waals surface area contributed by atoms with E-state index in [4.69, 9.17) is 5.73 Å². The van der Waals surface area contributed by atoms with Gasteiger partial charge in [0.25, 0.3) is 0 Å². The molecule has 1 aliphatic rings. The predicted molar refractivity (Wildman–Crippen MR) is 72.1 cm³/mol. The first-order valence-electron chi connectivity index (χ1n) is 6.50. The van der Waals surface area contributed by atoms with Crippen molar-refractivity contribution in [1.29, 1.82) is 0 Å². The topological polar surface area (TPSA) is 66.6 Å². The smallest absolute Gasteiger partial charge is 0.243 e. The summed E-state index contributed by atoms with van der Waals surface area (Å²) in [4.78, 5) is 27.1. The molecule has 0 atom stereocenters. The number of nitrogens with zero attached hydrogens (tertiary/aromatic N) is 2. The van der Waals surface area contributed by atoms with Crippen LogP contribution in [0.15, 0.2) is 30.3 Å². The van der Waals surface area contributed by atoms with Crippen LogP contribution in [0.5, 0.6) is 0 Å². The minimum atomic E-state index is -0.124. The van der Waals surface area contributed by atoms with E-state index in [-0.39, 0.29) is 11.8 Å². The molecule has 0 bridgehead atoms. The maximum absolute atomic E-state index is 11.9. The zero-order chi connectivity index (χ0) is 13.7. The maximum Gasteiger partial charge on any atom is 0.243 e. The first kappa shape index (κ1) is 13.7. The average molecular weight is 261 g/mol. The molecule has 0 aliphatic carbocycles. The van der Waals surface area contributed by atoms with Crippen molar-refractivity contribution in [3.8, 4) is 0 Å². The molecule has 1 heterocycles. The summed E-state index contributed by atoms with van der Waals surface area (Å²) in [6, 6.07) is 9.85. The number of imide groups is 1. The fourth-order valence-electron chi connectivity index (χ4n) is 2.20. The molecular formula is C14H19N3O2. The lowest BCUT2D eigenvalue weighted by Gasteiger charge is -2.32. The van der Waals surface area contributed by atoms with Gasteiger partial charge in [0.05, 0.1) is 13.1 Å². The van der Waals surface area contributed by atoms with E-state index in [1.54, 1.807) is 0 Å². The van der Waals surface area contributed by atoms with Crippen LogP contribution >= 0.6 is 0 Å². The summed E-state index contributed by atoms with van der Waals surface area (Å²) in [5, 5.41) is 0. The number of rotatable bonds is 5. The molecule has 2 amide bonds. The fourth-order valence-corrected chi connectivity index (χ4v) is 2.20. The van der Waals surface area contributed by atoms with Gasteiger partial charge in [-0.1, -0.05) is 30.3 Å². The second-order valence-electron chi connectivity index (χ2n) is 4.71. The van der Waals surface area contributed by atoms with Crippen molar-refractivity contribution in [2.24, 2.45) is 5.73 Å². The quantitative estimate of drug-likeness (QED) is 0.769. The van der Waals surface area contributed by atoms with Crippen molar-refractivity contribution in [1.82, 2.24) is 9.80 Å². The van der Waals surface area contributed by atoms with Gasteiger partial charge < -0.3 is 5.73 Å². The van der Waals surface area contributed by atoms with Gasteiger partial charge in [0, 0.05) is 13.1 Å². The minimum absolute atomic E-state index is 0.124. The summed E-state index contributed by atoms with van der Waals surface area (Å²) in [7, 11) is 0. The Morgan fingerprint density at radius 2 is 1.68 bits per heavy atom. The van der Waals surface area contributed by atoms with Crippen molar-refractivity contribution in [3.05, 3.63) is 35.9 Å². The Morgan fingerprint density at radius 3 is 2.26 bits per heavy atom. The molecule has 102 valence electrons. The molecule has 0 spiro atoms. The van der Waals surface area contributed by atoms with Gasteiger partial charge in [0.15, 0.2) is 0 Å². The summed E-state index contributed by atoms with van der Waals surface area (Å²) in [6.45, 7) is 2.15. The number of hydrogen-bond donors (Lipinski definition) is 1. The van der Waals surface area contributed by atoms with Crippen molar-refractivity contribution >= 4 is 11.8 Å². The summed E-state index contributed by atoms with van der Waals surface area (Å²) in [6.07, 6.45) is 0.663. The van der Waals surface area contributed by atoms with Gasteiger partial charge in [-0.3, -0.25) is 19.4 Å². The highest BCUT2D eigenvalue weighted by Gasteiger charge is 2.30. The Hall–Kier alpha value is -1.72. The van der Waals surface area contributed by atoms with Gasteiger partial charge in [-0.05, 0) is 18.5 Å². The molecule has 5 heteroatoms. The summed E-state index contributed by atoms with van der Waals surface area (Å²) >= 11 is 0. The summed E-state index contributed by atoms with van der Waals surface area (Å²) in [5.74, 6) is -0.249. The zero-order valence-corrected chi connectivity index (χ0v) is 10.9. The van der Waals surface area contributed by atoms with Gasteiger partial charge in [0.1, 0.15) is 0 Å². The van der Waals surface area contributed by atoms with Crippen molar-refractivity contribution in [3.63, 3.8) is 0 Å².